The molecule has 0 aromatic carbocycles. The van der Waals surface area contributed by atoms with E-state index in [-0.39, 0.29) is 12.3 Å². The van der Waals surface area contributed by atoms with Crippen molar-refractivity contribution < 1.29 is 22.9 Å². The number of unbranched alkanes of at least 4 members (excludes halogenated alkanes) is 21. The van der Waals surface area contributed by atoms with Gasteiger partial charge < -0.3 is 10.4 Å². The van der Waals surface area contributed by atoms with Gasteiger partial charge in [-0.05, 0) is 64.2 Å². The van der Waals surface area contributed by atoms with Crippen molar-refractivity contribution in [2.24, 2.45) is 0 Å². The summed E-state index contributed by atoms with van der Waals surface area (Å²) in [4.78, 5) is 12.5. The van der Waals surface area contributed by atoms with Crippen LogP contribution in [-0.2, 0) is 14.9 Å². The molecule has 3 N–H and O–H groups in total. The molecule has 6 nitrogen and oxygen atoms in total. The molecule has 0 aliphatic carbocycles. The average Bonchev–Trinajstić information content (AvgIpc) is 3.05. The second-order valence-electron chi connectivity index (χ2n) is 13.5. The number of carbonyl (C=O) groups excluding carboxylic acids is 1. The van der Waals surface area contributed by atoms with Gasteiger partial charge >= 0.3 is 0 Å². The molecule has 280 valence electrons. The number of rotatable bonds is 35. The van der Waals surface area contributed by atoms with E-state index in [4.69, 9.17) is 0 Å². The molecule has 0 aromatic heterocycles. The monoisotopic (exact) mass is 694 g/mol. The van der Waals surface area contributed by atoms with Crippen molar-refractivity contribution in [3.63, 3.8) is 0 Å². The Morgan fingerprint density at radius 3 is 1.46 bits per heavy atom. The molecule has 0 rings (SSSR count). The van der Waals surface area contributed by atoms with E-state index in [1.165, 1.54) is 109 Å². The fourth-order valence-electron chi connectivity index (χ4n) is 5.73. The Morgan fingerprint density at radius 1 is 0.562 bits per heavy atom. The van der Waals surface area contributed by atoms with Gasteiger partial charge in [-0.25, -0.2) is 0 Å². The van der Waals surface area contributed by atoms with E-state index in [1.807, 2.05) is 6.08 Å². The van der Waals surface area contributed by atoms with Crippen LogP contribution in [-0.4, -0.2) is 41.9 Å². The molecule has 0 radical (unpaired) electrons. The fourth-order valence-corrected chi connectivity index (χ4v) is 6.46. The zero-order chi connectivity index (χ0) is 35.4. The molecule has 0 heterocycles. The molecule has 48 heavy (non-hydrogen) atoms. The quantitative estimate of drug-likeness (QED) is 0.0348. The van der Waals surface area contributed by atoms with Gasteiger partial charge in [-0.2, -0.15) is 8.42 Å². The number of hydrogen-bond donors (Lipinski definition) is 3. The minimum absolute atomic E-state index is 0.271. The van der Waals surface area contributed by atoms with E-state index < -0.39 is 28.0 Å². The molecule has 2 unspecified atom stereocenters. The van der Waals surface area contributed by atoms with Crippen LogP contribution < -0.4 is 5.32 Å². The first-order chi connectivity index (χ1) is 23.3. The number of hydrogen-bond acceptors (Lipinski definition) is 4. The Bertz CT molecular complexity index is 940. The molecule has 1 amide bonds. The minimum atomic E-state index is -4.36. The van der Waals surface area contributed by atoms with E-state index in [9.17, 15) is 22.9 Å². The Morgan fingerprint density at radius 2 is 0.958 bits per heavy atom. The molecular formula is C41H75NO5S. The number of carbonyl (C=O) groups is 1. The van der Waals surface area contributed by atoms with Gasteiger partial charge in [0.15, 0.2) is 0 Å². The molecule has 0 aromatic rings. The highest BCUT2D eigenvalue weighted by atomic mass is 32.2. The third-order valence-corrected chi connectivity index (χ3v) is 9.51. The number of allylic oxidation sites excluding steroid dienone is 7. The summed E-state index contributed by atoms with van der Waals surface area (Å²) in [6, 6.07) is -1.08. The summed E-state index contributed by atoms with van der Waals surface area (Å²) in [5.74, 6) is -1.02. The number of nitrogens with one attached hydrogen (secondary N) is 1. The van der Waals surface area contributed by atoms with Crippen molar-refractivity contribution in [2.75, 3.05) is 5.75 Å². The number of aliphatic hydroxyl groups excluding tert-OH is 1. The average molecular weight is 694 g/mol. The molecule has 0 fully saturated rings. The van der Waals surface area contributed by atoms with Crippen molar-refractivity contribution in [3.8, 4) is 0 Å². The lowest BCUT2D eigenvalue weighted by atomic mass is 10.1. The molecule has 7 heteroatoms. The molecule has 0 saturated carbocycles. The van der Waals surface area contributed by atoms with Crippen LogP contribution in [0.3, 0.4) is 0 Å². The highest BCUT2D eigenvalue weighted by Gasteiger charge is 2.24. The summed E-state index contributed by atoms with van der Waals surface area (Å²) >= 11 is 0. The van der Waals surface area contributed by atoms with Crippen LogP contribution in [0.25, 0.3) is 0 Å². The zero-order valence-electron chi connectivity index (χ0n) is 31.1. The van der Waals surface area contributed by atoms with E-state index in [0.29, 0.717) is 12.8 Å². The van der Waals surface area contributed by atoms with Crippen LogP contribution in [0.1, 0.15) is 187 Å². The lowest BCUT2D eigenvalue weighted by Crippen LogP contribution is -2.46. The van der Waals surface area contributed by atoms with Crippen LogP contribution >= 0.6 is 0 Å². The SMILES string of the molecule is CCCCCC/C=C\C/C=C\CCCCCCCC(=O)NC(CS(=O)(=O)O)C(O)/C=C/CC/C=C/CCCCCCCCCCCCC. The van der Waals surface area contributed by atoms with Gasteiger partial charge in [0.25, 0.3) is 10.1 Å². The summed E-state index contributed by atoms with van der Waals surface area (Å²) in [6.07, 6.45) is 46.6. The molecule has 0 aliphatic heterocycles. The van der Waals surface area contributed by atoms with Gasteiger partial charge in [-0.15, -0.1) is 0 Å². The van der Waals surface area contributed by atoms with Gasteiger partial charge in [0.1, 0.15) is 0 Å². The maximum absolute atomic E-state index is 12.5. The summed E-state index contributed by atoms with van der Waals surface area (Å²) < 4.78 is 32.4. The summed E-state index contributed by atoms with van der Waals surface area (Å²) in [5.41, 5.74) is 0. The second-order valence-corrected chi connectivity index (χ2v) is 15.0. The minimum Gasteiger partial charge on any atom is -0.387 e. The van der Waals surface area contributed by atoms with E-state index >= 15 is 0 Å². The Kier molecular flexibility index (Phi) is 33.9. The third-order valence-electron chi connectivity index (χ3n) is 8.73. The smallest absolute Gasteiger partial charge is 0.267 e. The lowest BCUT2D eigenvalue weighted by Gasteiger charge is -2.21. The number of aliphatic hydroxyl groups is 1. The van der Waals surface area contributed by atoms with Crippen LogP contribution in [0.5, 0.6) is 0 Å². The van der Waals surface area contributed by atoms with Crippen molar-refractivity contribution >= 4 is 16.0 Å². The largest absolute Gasteiger partial charge is 0.387 e. The Balaban J connectivity index is 4.03. The van der Waals surface area contributed by atoms with Crippen molar-refractivity contribution in [1.82, 2.24) is 5.32 Å². The Labute approximate surface area is 297 Å². The Hall–Kier alpha value is -1.70. The molecular weight excluding hydrogens is 619 g/mol. The van der Waals surface area contributed by atoms with Crippen molar-refractivity contribution in [1.29, 1.82) is 0 Å². The van der Waals surface area contributed by atoms with Crippen LogP contribution in [0.4, 0.5) is 0 Å². The number of amides is 1. The molecule has 0 saturated heterocycles. The highest BCUT2D eigenvalue weighted by Crippen LogP contribution is 2.13. The van der Waals surface area contributed by atoms with Gasteiger partial charge in [-0.1, -0.05) is 165 Å². The van der Waals surface area contributed by atoms with E-state index in [1.54, 1.807) is 0 Å². The van der Waals surface area contributed by atoms with E-state index in [2.05, 4.69) is 55.6 Å². The topological polar surface area (TPSA) is 104 Å². The van der Waals surface area contributed by atoms with Crippen LogP contribution in [0.15, 0.2) is 48.6 Å². The van der Waals surface area contributed by atoms with Crippen molar-refractivity contribution in [3.05, 3.63) is 48.6 Å². The maximum atomic E-state index is 12.5. The van der Waals surface area contributed by atoms with Gasteiger partial charge in [-0.3, -0.25) is 9.35 Å². The first kappa shape index (κ1) is 46.3. The third kappa shape index (κ3) is 35.6. The van der Waals surface area contributed by atoms with Gasteiger partial charge in [0, 0.05) is 6.42 Å². The first-order valence-electron chi connectivity index (χ1n) is 19.8. The summed E-state index contributed by atoms with van der Waals surface area (Å²) in [7, 11) is -4.36. The van der Waals surface area contributed by atoms with E-state index in [0.717, 1.165) is 51.4 Å². The summed E-state index contributed by atoms with van der Waals surface area (Å²) in [6.45, 7) is 4.50. The second kappa shape index (κ2) is 35.1. The molecule has 0 aliphatic rings. The van der Waals surface area contributed by atoms with Crippen molar-refractivity contribution in [2.45, 2.75) is 199 Å². The van der Waals surface area contributed by atoms with Crippen LogP contribution in [0, 0.1) is 0 Å². The highest BCUT2D eigenvalue weighted by molar-refractivity contribution is 7.85. The predicted molar refractivity (Wildman–Crippen MR) is 207 cm³/mol. The van der Waals surface area contributed by atoms with Gasteiger partial charge in [0.05, 0.1) is 17.9 Å². The standard InChI is InChI=1S/C41H75NO5S/c1-3-5-7-9-11-13-15-17-19-21-22-24-26-28-30-32-34-36-40(43)39(38-48(45,46)47)42-41(44)37-35-33-31-29-27-25-23-20-18-16-14-12-10-8-6-4-2/h14,16,20,23,26,28,34,36,39-40,43H,3-13,15,17-19,21-22,24-25,27,29-33,35,37-38H2,1-2H3,(H,42,44)(H,45,46,47)/b16-14-,23-20-,28-26+,36-34+. The maximum Gasteiger partial charge on any atom is 0.267 e. The predicted octanol–water partition coefficient (Wildman–Crippen LogP) is 11.5. The first-order valence-corrected chi connectivity index (χ1v) is 21.4. The fraction of sp³-hybridized carbons (Fsp3) is 0.780. The summed E-state index contributed by atoms with van der Waals surface area (Å²) in [5, 5.41) is 13.2. The lowest BCUT2D eigenvalue weighted by molar-refractivity contribution is -0.122. The normalized spacial score (nSPS) is 13.8. The molecule has 0 bridgehead atoms. The van der Waals surface area contributed by atoms with Crippen LogP contribution in [0.2, 0.25) is 0 Å². The molecule has 2 atom stereocenters. The van der Waals surface area contributed by atoms with Gasteiger partial charge in [0.2, 0.25) is 5.91 Å². The zero-order valence-corrected chi connectivity index (χ0v) is 31.9. The molecule has 0 spiro atoms.